The van der Waals surface area contributed by atoms with Crippen LogP contribution >= 0.6 is 6.89 Å². The van der Waals surface area contributed by atoms with Crippen molar-refractivity contribution in [2.24, 2.45) is 10.2 Å². The monoisotopic (exact) mass is 596 g/mol. The van der Waals surface area contributed by atoms with Crippen LogP contribution < -0.4 is 15.9 Å². The fourth-order valence-electron chi connectivity index (χ4n) is 5.24. The van der Waals surface area contributed by atoms with Gasteiger partial charge in [-0.3, -0.25) is 4.79 Å². The lowest BCUT2D eigenvalue weighted by molar-refractivity contribution is -0.134. The van der Waals surface area contributed by atoms with E-state index in [1.54, 1.807) is 26.0 Å². The predicted octanol–water partition coefficient (Wildman–Crippen LogP) is 6.46. The summed E-state index contributed by atoms with van der Waals surface area (Å²) in [6.45, 7) is 0.896. The van der Waals surface area contributed by atoms with Gasteiger partial charge in [0.15, 0.2) is 0 Å². The van der Waals surface area contributed by atoms with E-state index in [1.807, 2.05) is 103 Å². The Bertz CT molecular complexity index is 1730. The molecule has 0 aliphatic heterocycles. The van der Waals surface area contributed by atoms with E-state index >= 15 is 0 Å². The molecule has 0 bridgehead atoms. The molecule has 0 saturated heterocycles. The van der Waals surface area contributed by atoms with Crippen molar-refractivity contribution in [3.05, 3.63) is 163 Å². The molecule has 0 heterocycles. The third-order valence-corrected chi connectivity index (χ3v) is 11.6. The highest BCUT2D eigenvalue weighted by Crippen LogP contribution is 2.46. The number of ether oxygens (including phenoxy) is 1. The molecule has 5 aromatic rings. The van der Waals surface area contributed by atoms with Crippen LogP contribution in [0.25, 0.3) is 0 Å². The summed E-state index contributed by atoms with van der Waals surface area (Å²) in [6.07, 6.45) is 0. The third kappa shape index (κ3) is 6.29. The van der Waals surface area contributed by atoms with E-state index in [9.17, 15) is 9.59 Å². The van der Waals surface area contributed by atoms with Gasteiger partial charge in [-0.1, -0.05) is 152 Å². The van der Waals surface area contributed by atoms with Crippen LogP contribution in [0.1, 0.15) is 29.8 Å². The van der Waals surface area contributed by atoms with E-state index < -0.39 is 12.9 Å². The third-order valence-electron chi connectivity index (χ3n) is 7.18. The second kappa shape index (κ2) is 14.4. The quantitative estimate of drug-likeness (QED) is 0.0611. The Morgan fingerprint density at radius 2 is 0.955 bits per heavy atom. The minimum atomic E-state index is -2.86. The number of hydrogen-bond acceptors (Lipinski definition) is 5. The van der Waals surface area contributed by atoms with Gasteiger partial charge in [0.25, 0.3) is 0 Å². The molecule has 0 unspecified atom stereocenters. The molecule has 0 spiro atoms. The number of carbonyl (C=O) groups excluding carboxylic acids is 2. The molecule has 0 aliphatic carbocycles. The van der Waals surface area contributed by atoms with E-state index in [2.05, 4.69) is 46.6 Å². The van der Waals surface area contributed by atoms with Crippen LogP contribution in [0.5, 0.6) is 0 Å². The highest BCUT2D eigenvalue weighted by molar-refractivity contribution is 7.97. The first kappa shape index (κ1) is 30.3. The van der Waals surface area contributed by atoms with Crippen LogP contribution in [0, 0.1) is 0 Å². The summed E-state index contributed by atoms with van der Waals surface area (Å²) in [5.41, 5.74) is 1.69. The Kier molecular flexibility index (Phi) is 9.91. The predicted molar refractivity (Wildman–Crippen MR) is 184 cm³/mol. The molecule has 218 valence electrons. The number of benzene rings is 5. The SMILES string of the molecule is CCOC(=O)C(/C(C)=N\N=C(/C(=O)c1ccccc1)c1ccccc1)=P(c1ccccc1)(c1ccccc1)c1ccccc1. The average molecular weight is 597 g/mol. The van der Waals surface area contributed by atoms with Crippen LogP contribution in [0.3, 0.4) is 0 Å². The lowest BCUT2D eigenvalue weighted by atomic mass is 10.0. The van der Waals surface area contributed by atoms with Gasteiger partial charge < -0.3 is 4.74 Å². The first-order valence-corrected chi connectivity index (χ1v) is 16.2. The van der Waals surface area contributed by atoms with Crippen molar-refractivity contribution in [1.29, 1.82) is 0 Å². The van der Waals surface area contributed by atoms with E-state index in [1.165, 1.54) is 0 Å². The van der Waals surface area contributed by atoms with Gasteiger partial charge in [-0.25, -0.2) is 4.79 Å². The summed E-state index contributed by atoms with van der Waals surface area (Å²) >= 11 is 0. The lowest BCUT2D eigenvalue weighted by Crippen LogP contribution is -2.37. The van der Waals surface area contributed by atoms with Crippen molar-refractivity contribution >= 4 is 51.3 Å². The largest absolute Gasteiger partial charge is 0.462 e. The number of carbonyl (C=O) groups is 2. The number of nitrogens with zero attached hydrogens (tertiary/aromatic N) is 2. The first-order valence-electron chi connectivity index (χ1n) is 14.5. The summed E-state index contributed by atoms with van der Waals surface area (Å²) in [7, 11) is 0. The van der Waals surface area contributed by atoms with Gasteiger partial charge in [-0.2, -0.15) is 5.10 Å². The minimum absolute atomic E-state index is 0.183. The smallest absolute Gasteiger partial charge is 0.341 e. The Morgan fingerprint density at radius 3 is 1.36 bits per heavy atom. The summed E-state index contributed by atoms with van der Waals surface area (Å²) in [4.78, 5) is 27.9. The molecule has 5 aromatic carbocycles. The average Bonchev–Trinajstić information content (AvgIpc) is 3.09. The van der Waals surface area contributed by atoms with Crippen LogP contribution in [-0.2, 0) is 9.53 Å². The van der Waals surface area contributed by atoms with Crippen LogP contribution in [-0.4, -0.2) is 35.1 Å². The second-order valence-electron chi connectivity index (χ2n) is 9.94. The van der Waals surface area contributed by atoms with Gasteiger partial charge in [0.2, 0.25) is 5.78 Å². The fraction of sp³-hybridized carbons (Fsp3) is 0.0789. The standard InChI is InChI=1S/C38H33N2O3P/c1-3-43-38(42)37(29(2)39-40-35(30-19-9-4-10-20-30)36(41)31-21-11-5-12-22-31)44(32-23-13-6-14-24-32,33-25-15-7-16-26-33)34-27-17-8-18-28-34/h4-28H,3H2,1-2H3/b39-29-,40-35-. The van der Waals surface area contributed by atoms with Gasteiger partial charge in [0.05, 0.1) is 17.6 Å². The van der Waals surface area contributed by atoms with Crippen LogP contribution in [0.15, 0.2) is 162 Å². The highest BCUT2D eigenvalue weighted by atomic mass is 31.2. The molecule has 0 radical (unpaired) electrons. The maximum atomic E-state index is 14.2. The molecule has 5 rings (SSSR count). The normalized spacial score (nSPS) is 12.0. The maximum Gasteiger partial charge on any atom is 0.341 e. The molecule has 0 N–H and O–H groups in total. The molecular weight excluding hydrogens is 563 g/mol. The number of hydrogen-bond donors (Lipinski definition) is 0. The molecule has 44 heavy (non-hydrogen) atoms. The summed E-state index contributed by atoms with van der Waals surface area (Å²) in [5, 5.41) is 12.6. The first-order chi connectivity index (χ1) is 21.6. The van der Waals surface area contributed by atoms with Crippen LogP contribution in [0.4, 0.5) is 0 Å². The second-order valence-corrected chi connectivity index (χ2v) is 13.3. The van der Waals surface area contributed by atoms with Gasteiger partial charge in [0.1, 0.15) is 5.71 Å². The molecule has 0 fully saturated rings. The molecule has 0 atom stereocenters. The van der Waals surface area contributed by atoms with Gasteiger partial charge in [0, 0.05) is 11.1 Å². The van der Waals surface area contributed by atoms with Gasteiger partial charge >= 0.3 is 5.97 Å². The van der Waals surface area contributed by atoms with E-state index in [0.29, 0.717) is 22.1 Å². The maximum absolute atomic E-state index is 14.2. The molecular formula is C38H33N2O3P. The highest BCUT2D eigenvalue weighted by Gasteiger charge is 2.35. The molecule has 6 heteroatoms. The molecule has 0 amide bonds. The van der Waals surface area contributed by atoms with Gasteiger partial charge in [-0.05, 0) is 36.6 Å². The molecule has 0 aliphatic rings. The number of rotatable bonds is 10. The lowest BCUT2D eigenvalue weighted by Gasteiger charge is -2.31. The summed E-state index contributed by atoms with van der Waals surface area (Å²) < 4.78 is 5.76. The zero-order valence-corrected chi connectivity index (χ0v) is 25.6. The molecule has 0 saturated carbocycles. The van der Waals surface area contributed by atoms with Crippen molar-refractivity contribution in [3.63, 3.8) is 0 Å². The Morgan fingerprint density at radius 1 is 0.568 bits per heavy atom. The van der Waals surface area contributed by atoms with Crippen molar-refractivity contribution in [2.45, 2.75) is 13.8 Å². The van der Waals surface area contributed by atoms with Crippen molar-refractivity contribution in [2.75, 3.05) is 6.61 Å². The number of ketones is 1. The summed E-state index contributed by atoms with van der Waals surface area (Å²) in [5.74, 6) is -0.731. The topological polar surface area (TPSA) is 68.1 Å². The Balaban J connectivity index is 1.88. The number of esters is 1. The zero-order valence-electron chi connectivity index (χ0n) is 24.7. The van der Waals surface area contributed by atoms with Crippen LogP contribution in [0.2, 0.25) is 0 Å². The minimum Gasteiger partial charge on any atom is -0.462 e. The van der Waals surface area contributed by atoms with Crippen molar-refractivity contribution in [3.8, 4) is 0 Å². The van der Waals surface area contributed by atoms with E-state index in [-0.39, 0.29) is 18.1 Å². The summed E-state index contributed by atoms with van der Waals surface area (Å²) in [6, 6.07) is 48.3. The molecule has 5 nitrogen and oxygen atoms in total. The molecule has 0 aromatic heterocycles. The van der Waals surface area contributed by atoms with Gasteiger partial charge in [-0.15, -0.1) is 5.10 Å². The van der Waals surface area contributed by atoms with E-state index in [0.717, 1.165) is 15.9 Å². The van der Waals surface area contributed by atoms with Crippen molar-refractivity contribution in [1.82, 2.24) is 0 Å². The van der Waals surface area contributed by atoms with Crippen molar-refractivity contribution < 1.29 is 14.3 Å². The zero-order chi connectivity index (χ0) is 30.8. The Labute approximate surface area is 258 Å². The van der Waals surface area contributed by atoms with E-state index in [4.69, 9.17) is 4.74 Å². The fourth-order valence-corrected chi connectivity index (χ4v) is 9.64. The Hall–Kier alpha value is -5.12. The number of Topliss-reactive ketones (excluding diaryl/α,β-unsaturated/α-hetero) is 1.